The van der Waals surface area contributed by atoms with E-state index in [0.29, 0.717) is 18.0 Å². The largest absolute Gasteiger partial charge is 0.375 e. The third-order valence-electron chi connectivity index (χ3n) is 3.20. The van der Waals surface area contributed by atoms with Crippen molar-refractivity contribution in [2.75, 3.05) is 6.61 Å². The topological polar surface area (TPSA) is 21.3 Å². The van der Waals surface area contributed by atoms with E-state index in [1.54, 1.807) is 0 Å². The number of rotatable bonds is 3. The first kappa shape index (κ1) is 12.0. The summed E-state index contributed by atoms with van der Waals surface area (Å²) >= 11 is 0. The highest BCUT2D eigenvalue weighted by Crippen LogP contribution is 2.24. The van der Waals surface area contributed by atoms with E-state index in [2.05, 4.69) is 39.9 Å². The van der Waals surface area contributed by atoms with E-state index < -0.39 is 0 Å². The lowest BCUT2D eigenvalue weighted by Crippen LogP contribution is -2.47. The Morgan fingerprint density at radius 1 is 1.29 bits per heavy atom. The highest BCUT2D eigenvalue weighted by molar-refractivity contribution is 4.84. The molecule has 2 nitrogen and oxygen atoms in total. The van der Waals surface area contributed by atoms with Crippen molar-refractivity contribution < 1.29 is 4.74 Å². The van der Waals surface area contributed by atoms with Crippen molar-refractivity contribution in [1.29, 1.82) is 0 Å². The van der Waals surface area contributed by atoms with Crippen molar-refractivity contribution in [3.05, 3.63) is 0 Å². The fourth-order valence-electron chi connectivity index (χ4n) is 1.94. The lowest BCUT2D eigenvalue weighted by atomic mass is 9.92. The van der Waals surface area contributed by atoms with Crippen molar-refractivity contribution >= 4 is 0 Å². The molecule has 1 saturated heterocycles. The van der Waals surface area contributed by atoms with Crippen LogP contribution in [-0.2, 0) is 4.74 Å². The van der Waals surface area contributed by atoms with Crippen LogP contribution in [-0.4, -0.2) is 24.3 Å². The number of hydrogen-bond acceptors (Lipinski definition) is 2. The molecule has 0 bridgehead atoms. The predicted octanol–water partition coefficient (Wildman–Crippen LogP) is 2.58. The van der Waals surface area contributed by atoms with Gasteiger partial charge in [0, 0.05) is 18.7 Å². The zero-order valence-corrected chi connectivity index (χ0v) is 10.3. The van der Waals surface area contributed by atoms with Crippen molar-refractivity contribution in [1.82, 2.24) is 5.32 Å². The first-order valence-electron chi connectivity index (χ1n) is 5.81. The second-order valence-corrected chi connectivity index (χ2v) is 5.50. The highest BCUT2D eigenvalue weighted by Gasteiger charge is 2.29. The molecule has 0 aliphatic carbocycles. The molecule has 1 aliphatic heterocycles. The van der Waals surface area contributed by atoms with E-state index in [1.165, 1.54) is 0 Å². The minimum absolute atomic E-state index is 0.0621. The second kappa shape index (κ2) is 4.63. The molecule has 14 heavy (non-hydrogen) atoms. The molecular weight excluding hydrogens is 174 g/mol. The third-order valence-corrected chi connectivity index (χ3v) is 3.20. The van der Waals surface area contributed by atoms with Gasteiger partial charge in [-0.2, -0.15) is 0 Å². The van der Waals surface area contributed by atoms with Crippen molar-refractivity contribution in [2.24, 2.45) is 5.92 Å². The van der Waals surface area contributed by atoms with Gasteiger partial charge in [0.2, 0.25) is 0 Å². The Morgan fingerprint density at radius 3 is 2.43 bits per heavy atom. The molecule has 1 N–H and O–H groups in total. The van der Waals surface area contributed by atoms with Gasteiger partial charge in [0.25, 0.3) is 0 Å². The van der Waals surface area contributed by atoms with E-state index in [9.17, 15) is 0 Å². The van der Waals surface area contributed by atoms with Crippen LogP contribution in [0.1, 0.15) is 47.5 Å². The van der Waals surface area contributed by atoms with E-state index in [-0.39, 0.29) is 5.60 Å². The van der Waals surface area contributed by atoms with Crippen LogP contribution in [0.15, 0.2) is 0 Å². The van der Waals surface area contributed by atoms with E-state index in [4.69, 9.17) is 4.74 Å². The number of hydrogen-bond donors (Lipinski definition) is 1. The minimum atomic E-state index is 0.0621. The monoisotopic (exact) mass is 199 g/mol. The maximum atomic E-state index is 5.70. The van der Waals surface area contributed by atoms with Crippen LogP contribution >= 0.6 is 0 Å². The van der Waals surface area contributed by atoms with Crippen molar-refractivity contribution in [2.45, 2.75) is 65.1 Å². The predicted molar refractivity (Wildman–Crippen MR) is 60.5 cm³/mol. The van der Waals surface area contributed by atoms with Crippen LogP contribution in [0.25, 0.3) is 0 Å². The summed E-state index contributed by atoms with van der Waals surface area (Å²) in [6.07, 6.45) is 2.28. The van der Waals surface area contributed by atoms with Gasteiger partial charge >= 0.3 is 0 Å². The highest BCUT2D eigenvalue weighted by atomic mass is 16.5. The van der Waals surface area contributed by atoms with Gasteiger partial charge in [-0.15, -0.1) is 0 Å². The molecule has 0 aromatic carbocycles. The molecule has 0 radical (unpaired) electrons. The summed E-state index contributed by atoms with van der Waals surface area (Å²) in [5, 5.41) is 3.69. The summed E-state index contributed by atoms with van der Waals surface area (Å²) in [6.45, 7) is 12.1. The molecule has 1 aliphatic rings. The molecule has 1 heterocycles. The smallest absolute Gasteiger partial charge is 0.0641 e. The first-order chi connectivity index (χ1) is 6.41. The van der Waals surface area contributed by atoms with Crippen LogP contribution in [0.2, 0.25) is 0 Å². The Labute approximate surface area is 88.4 Å². The molecule has 0 amide bonds. The average molecular weight is 199 g/mol. The first-order valence-corrected chi connectivity index (χ1v) is 5.81. The molecule has 0 aromatic heterocycles. The van der Waals surface area contributed by atoms with Gasteiger partial charge in [-0.25, -0.2) is 0 Å². The maximum absolute atomic E-state index is 5.70. The van der Waals surface area contributed by atoms with E-state index in [1.807, 2.05) is 0 Å². The average Bonchev–Trinajstić information content (AvgIpc) is 2.01. The van der Waals surface area contributed by atoms with Crippen LogP contribution in [0.3, 0.4) is 0 Å². The standard InChI is InChI=1S/C12H25NO/c1-9(2)10(3)13-11-6-7-14-12(4,5)8-11/h9-11,13H,6-8H2,1-5H3. The lowest BCUT2D eigenvalue weighted by molar-refractivity contribution is -0.0644. The molecule has 1 rings (SSSR count). The quantitative estimate of drug-likeness (QED) is 0.754. The Hall–Kier alpha value is -0.0800. The van der Waals surface area contributed by atoms with Crippen LogP contribution in [0.4, 0.5) is 0 Å². The van der Waals surface area contributed by atoms with Gasteiger partial charge in [-0.05, 0) is 39.5 Å². The summed E-state index contributed by atoms with van der Waals surface area (Å²) in [5.41, 5.74) is 0.0621. The molecule has 1 fully saturated rings. The summed E-state index contributed by atoms with van der Waals surface area (Å²) in [6, 6.07) is 1.24. The Kier molecular flexibility index (Phi) is 3.96. The van der Waals surface area contributed by atoms with Gasteiger partial charge in [0.1, 0.15) is 0 Å². The molecule has 2 heteroatoms. The molecule has 0 spiro atoms. The maximum Gasteiger partial charge on any atom is 0.0641 e. The zero-order chi connectivity index (χ0) is 10.8. The molecule has 84 valence electrons. The normalized spacial score (nSPS) is 29.1. The molecule has 2 atom stereocenters. The van der Waals surface area contributed by atoms with Crippen molar-refractivity contribution in [3.8, 4) is 0 Å². The molecule has 0 saturated carbocycles. The lowest BCUT2D eigenvalue weighted by Gasteiger charge is -2.37. The number of nitrogens with one attached hydrogen (secondary N) is 1. The van der Waals surface area contributed by atoms with Crippen molar-refractivity contribution in [3.63, 3.8) is 0 Å². The van der Waals surface area contributed by atoms with Crippen LogP contribution in [0, 0.1) is 5.92 Å². The molecule has 0 aromatic rings. The third kappa shape index (κ3) is 3.58. The fraction of sp³-hybridized carbons (Fsp3) is 1.00. The Morgan fingerprint density at radius 2 is 1.93 bits per heavy atom. The zero-order valence-electron chi connectivity index (χ0n) is 10.3. The van der Waals surface area contributed by atoms with Gasteiger partial charge in [0.05, 0.1) is 5.60 Å². The van der Waals surface area contributed by atoms with Gasteiger partial charge in [-0.3, -0.25) is 0 Å². The second-order valence-electron chi connectivity index (χ2n) is 5.50. The molecular formula is C12H25NO. The summed E-state index contributed by atoms with van der Waals surface area (Å²) in [7, 11) is 0. The summed E-state index contributed by atoms with van der Waals surface area (Å²) in [4.78, 5) is 0. The molecule has 2 unspecified atom stereocenters. The van der Waals surface area contributed by atoms with Crippen LogP contribution in [0.5, 0.6) is 0 Å². The van der Waals surface area contributed by atoms with Gasteiger partial charge in [-0.1, -0.05) is 13.8 Å². The van der Waals surface area contributed by atoms with E-state index in [0.717, 1.165) is 19.4 Å². The van der Waals surface area contributed by atoms with E-state index >= 15 is 0 Å². The summed E-state index contributed by atoms with van der Waals surface area (Å²) < 4.78 is 5.70. The minimum Gasteiger partial charge on any atom is -0.375 e. The fourth-order valence-corrected chi connectivity index (χ4v) is 1.94. The summed E-state index contributed by atoms with van der Waals surface area (Å²) in [5.74, 6) is 0.709. The number of ether oxygens (including phenoxy) is 1. The Balaban J connectivity index is 2.38. The Bertz CT molecular complexity index is 177. The van der Waals surface area contributed by atoms with Gasteiger partial charge < -0.3 is 10.1 Å². The van der Waals surface area contributed by atoms with Crippen LogP contribution < -0.4 is 5.32 Å². The SMILES string of the molecule is CC(C)C(C)NC1CCOC(C)(C)C1. The van der Waals surface area contributed by atoms with Gasteiger partial charge in [0.15, 0.2) is 0 Å².